The Bertz CT molecular complexity index is 1320. The van der Waals surface area contributed by atoms with Gasteiger partial charge < -0.3 is 15.0 Å². The number of hydrogen-bond acceptors (Lipinski definition) is 5. The quantitative estimate of drug-likeness (QED) is 0.344. The van der Waals surface area contributed by atoms with Crippen LogP contribution in [0.25, 0.3) is 10.2 Å². The van der Waals surface area contributed by atoms with Gasteiger partial charge in [0.25, 0.3) is 5.91 Å². The van der Waals surface area contributed by atoms with Crippen molar-refractivity contribution in [3.63, 3.8) is 0 Å². The molecule has 0 saturated carbocycles. The van der Waals surface area contributed by atoms with Crippen molar-refractivity contribution in [2.24, 2.45) is 0 Å². The van der Waals surface area contributed by atoms with E-state index in [-0.39, 0.29) is 11.8 Å². The highest BCUT2D eigenvalue weighted by Gasteiger charge is 2.27. The van der Waals surface area contributed by atoms with Crippen LogP contribution in [-0.4, -0.2) is 41.9 Å². The van der Waals surface area contributed by atoms with Crippen LogP contribution in [0.3, 0.4) is 0 Å². The number of aromatic nitrogens is 1. The van der Waals surface area contributed by atoms with Crippen LogP contribution in [0.15, 0.2) is 72.8 Å². The number of carbonyl (C=O) groups excluding carboxylic acids is 2. The molecule has 1 saturated heterocycles. The summed E-state index contributed by atoms with van der Waals surface area (Å²) in [5.74, 6) is 1.02. The molecule has 7 heteroatoms. The van der Waals surface area contributed by atoms with Gasteiger partial charge in [-0.05, 0) is 61.2 Å². The van der Waals surface area contributed by atoms with Gasteiger partial charge in [0.2, 0.25) is 5.91 Å². The second-order valence-electron chi connectivity index (χ2n) is 9.03. The molecule has 184 valence electrons. The van der Waals surface area contributed by atoms with E-state index in [1.165, 1.54) is 4.70 Å². The van der Waals surface area contributed by atoms with Crippen molar-refractivity contribution < 1.29 is 14.3 Å². The number of thiazole rings is 1. The van der Waals surface area contributed by atoms with Gasteiger partial charge in [0.15, 0.2) is 0 Å². The number of nitrogens with one attached hydrogen (secondary N) is 1. The molecule has 4 aromatic rings. The Balaban J connectivity index is 1.19. The van der Waals surface area contributed by atoms with E-state index in [9.17, 15) is 9.59 Å². The highest BCUT2D eigenvalue weighted by atomic mass is 32.1. The summed E-state index contributed by atoms with van der Waals surface area (Å²) in [4.78, 5) is 32.8. The average molecular weight is 500 g/mol. The lowest BCUT2D eigenvalue weighted by Gasteiger charge is -2.31. The number of carbonyl (C=O) groups is 2. The largest absolute Gasteiger partial charge is 0.497 e. The van der Waals surface area contributed by atoms with Crippen LogP contribution >= 0.6 is 11.3 Å². The van der Waals surface area contributed by atoms with Gasteiger partial charge in [-0.15, -0.1) is 11.3 Å². The van der Waals surface area contributed by atoms with Crippen molar-refractivity contribution in [2.45, 2.75) is 31.6 Å². The SMILES string of the molecule is COc1ccc(CCC(=O)Nc2ccccc2C(=O)N2CCC(c3nc4ccccc4s3)CC2)cc1. The first-order valence-electron chi connectivity index (χ1n) is 12.3. The third-order valence-electron chi connectivity index (χ3n) is 6.67. The predicted octanol–water partition coefficient (Wildman–Crippen LogP) is 5.90. The summed E-state index contributed by atoms with van der Waals surface area (Å²) in [6, 6.07) is 23.2. The molecule has 36 heavy (non-hydrogen) atoms. The van der Waals surface area contributed by atoms with Gasteiger partial charge >= 0.3 is 0 Å². The minimum absolute atomic E-state index is 0.0381. The maximum Gasteiger partial charge on any atom is 0.255 e. The molecule has 6 nitrogen and oxygen atoms in total. The van der Waals surface area contributed by atoms with E-state index in [0.29, 0.717) is 43.1 Å². The molecule has 0 spiro atoms. The monoisotopic (exact) mass is 499 g/mol. The molecule has 1 N–H and O–H groups in total. The number of aryl methyl sites for hydroxylation is 1. The van der Waals surface area contributed by atoms with Gasteiger partial charge in [-0.1, -0.05) is 36.4 Å². The predicted molar refractivity (Wildman–Crippen MR) is 144 cm³/mol. The van der Waals surface area contributed by atoms with Crippen molar-refractivity contribution >= 4 is 39.1 Å². The molecule has 3 aromatic carbocycles. The van der Waals surface area contributed by atoms with E-state index >= 15 is 0 Å². The highest BCUT2D eigenvalue weighted by molar-refractivity contribution is 7.18. The average Bonchev–Trinajstić information content (AvgIpc) is 3.37. The fourth-order valence-corrected chi connectivity index (χ4v) is 5.74. The number of anilines is 1. The third-order valence-corrected chi connectivity index (χ3v) is 7.87. The second-order valence-corrected chi connectivity index (χ2v) is 10.1. The molecule has 0 unspecified atom stereocenters. The number of amides is 2. The maximum atomic E-state index is 13.4. The van der Waals surface area contributed by atoms with Crippen LogP contribution in [0.2, 0.25) is 0 Å². The van der Waals surface area contributed by atoms with E-state index in [1.54, 1.807) is 30.6 Å². The number of piperidine rings is 1. The lowest BCUT2D eigenvalue weighted by Crippen LogP contribution is -2.38. The molecule has 2 heterocycles. The van der Waals surface area contributed by atoms with Crippen LogP contribution in [0.4, 0.5) is 5.69 Å². The molecule has 1 fully saturated rings. The summed E-state index contributed by atoms with van der Waals surface area (Å²) in [6.45, 7) is 1.36. The second kappa shape index (κ2) is 10.9. The Morgan fingerprint density at radius 2 is 1.72 bits per heavy atom. The molecule has 1 aliphatic heterocycles. The zero-order valence-electron chi connectivity index (χ0n) is 20.3. The summed E-state index contributed by atoms with van der Waals surface area (Å²) in [5.41, 5.74) is 3.21. The fourth-order valence-electron chi connectivity index (χ4n) is 4.61. The number of para-hydroxylation sites is 2. The summed E-state index contributed by atoms with van der Waals surface area (Å²) in [7, 11) is 1.63. The van der Waals surface area contributed by atoms with Crippen LogP contribution in [0.1, 0.15) is 46.1 Å². The van der Waals surface area contributed by atoms with Gasteiger partial charge in [-0.25, -0.2) is 4.98 Å². The van der Waals surface area contributed by atoms with Gasteiger partial charge in [-0.3, -0.25) is 9.59 Å². The lowest BCUT2D eigenvalue weighted by atomic mass is 9.97. The minimum atomic E-state index is -0.111. The lowest BCUT2D eigenvalue weighted by molar-refractivity contribution is -0.116. The number of rotatable bonds is 7. The van der Waals surface area contributed by atoms with Crippen LogP contribution in [0, 0.1) is 0 Å². The van der Waals surface area contributed by atoms with Crippen molar-refractivity contribution in [1.82, 2.24) is 9.88 Å². The summed E-state index contributed by atoms with van der Waals surface area (Å²) in [5, 5.41) is 4.11. The van der Waals surface area contributed by atoms with Crippen LogP contribution in [0.5, 0.6) is 5.75 Å². The molecule has 0 aliphatic carbocycles. The number of fused-ring (bicyclic) bond motifs is 1. The van der Waals surface area contributed by atoms with Crippen molar-refractivity contribution in [3.05, 3.63) is 88.9 Å². The zero-order chi connectivity index (χ0) is 24.9. The van der Waals surface area contributed by atoms with E-state index in [2.05, 4.69) is 17.4 Å². The smallest absolute Gasteiger partial charge is 0.255 e. The van der Waals surface area contributed by atoms with Gasteiger partial charge in [0.05, 0.1) is 33.6 Å². The molecule has 2 amide bonds. The van der Waals surface area contributed by atoms with Crippen molar-refractivity contribution in [1.29, 1.82) is 0 Å². The zero-order valence-corrected chi connectivity index (χ0v) is 21.1. The normalized spacial score (nSPS) is 14.1. The number of benzene rings is 3. The van der Waals surface area contributed by atoms with E-state index in [1.807, 2.05) is 53.4 Å². The van der Waals surface area contributed by atoms with E-state index in [0.717, 1.165) is 34.7 Å². The summed E-state index contributed by atoms with van der Waals surface area (Å²) < 4.78 is 6.39. The molecule has 1 aliphatic rings. The molecule has 0 atom stereocenters. The molecular weight excluding hydrogens is 470 g/mol. The Kier molecular flexibility index (Phi) is 7.28. The fraction of sp³-hybridized carbons (Fsp3) is 0.276. The molecule has 1 aromatic heterocycles. The Morgan fingerprint density at radius 3 is 2.47 bits per heavy atom. The van der Waals surface area contributed by atoms with Crippen LogP contribution in [-0.2, 0) is 11.2 Å². The van der Waals surface area contributed by atoms with Crippen molar-refractivity contribution in [2.75, 3.05) is 25.5 Å². The van der Waals surface area contributed by atoms with Gasteiger partial charge in [0.1, 0.15) is 5.75 Å². The molecule has 0 bridgehead atoms. The summed E-state index contributed by atoms with van der Waals surface area (Å²) in [6.07, 6.45) is 2.73. The number of ether oxygens (including phenoxy) is 1. The number of likely N-dealkylation sites (tertiary alicyclic amines) is 1. The van der Waals surface area contributed by atoms with Crippen LogP contribution < -0.4 is 10.1 Å². The van der Waals surface area contributed by atoms with E-state index in [4.69, 9.17) is 9.72 Å². The Labute approximate surface area is 214 Å². The van der Waals surface area contributed by atoms with Crippen molar-refractivity contribution in [3.8, 4) is 5.75 Å². The first-order chi connectivity index (χ1) is 17.6. The third kappa shape index (κ3) is 5.41. The van der Waals surface area contributed by atoms with E-state index < -0.39 is 0 Å². The Morgan fingerprint density at radius 1 is 1.00 bits per heavy atom. The molecular formula is C29H29N3O3S. The first kappa shape index (κ1) is 24.0. The van der Waals surface area contributed by atoms with Gasteiger partial charge in [0, 0.05) is 25.4 Å². The summed E-state index contributed by atoms with van der Waals surface area (Å²) >= 11 is 1.76. The number of nitrogens with zero attached hydrogens (tertiary/aromatic N) is 2. The Hall–Kier alpha value is -3.71. The molecule has 0 radical (unpaired) electrons. The first-order valence-corrected chi connectivity index (χ1v) is 13.1. The number of methoxy groups -OCH3 is 1. The number of hydrogen-bond donors (Lipinski definition) is 1. The molecule has 5 rings (SSSR count). The topological polar surface area (TPSA) is 71.5 Å². The van der Waals surface area contributed by atoms with Gasteiger partial charge in [-0.2, -0.15) is 0 Å². The maximum absolute atomic E-state index is 13.4. The minimum Gasteiger partial charge on any atom is -0.497 e. The highest BCUT2D eigenvalue weighted by Crippen LogP contribution is 2.34. The standard InChI is InChI=1S/C29H29N3O3S/c1-35-22-13-10-20(11-14-22)12-15-27(33)30-24-7-3-2-6-23(24)29(34)32-18-16-21(17-19-32)28-31-25-8-4-5-9-26(25)36-28/h2-11,13-14,21H,12,15-19H2,1H3,(H,30,33).